The Morgan fingerprint density at radius 3 is 1.71 bits per heavy atom. The van der Waals surface area contributed by atoms with Crippen LogP contribution in [-0.4, -0.2) is 5.67 Å². The lowest BCUT2D eigenvalue weighted by atomic mass is 9.67. The van der Waals surface area contributed by atoms with Crippen LogP contribution in [0.1, 0.15) is 88.3 Å². The zero-order valence-corrected chi connectivity index (χ0v) is 24.1. The van der Waals surface area contributed by atoms with Crippen molar-refractivity contribution in [3.8, 4) is 0 Å². The third-order valence-electron chi connectivity index (χ3n) is 6.19. The van der Waals surface area contributed by atoms with Crippen LogP contribution in [0.4, 0.5) is 4.39 Å². The van der Waals surface area contributed by atoms with E-state index in [1.165, 1.54) is 11.1 Å². The van der Waals surface area contributed by atoms with Crippen LogP contribution in [0.2, 0.25) is 0 Å². The lowest BCUT2D eigenvalue weighted by Crippen LogP contribution is -2.41. The van der Waals surface area contributed by atoms with Crippen LogP contribution in [0.25, 0.3) is 5.57 Å². The first-order chi connectivity index (χ1) is 16.2. The van der Waals surface area contributed by atoms with Crippen molar-refractivity contribution in [1.29, 1.82) is 0 Å². The summed E-state index contributed by atoms with van der Waals surface area (Å²) in [4.78, 5) is 0. The van der Waals surface area contributed by atoms with Crippen molar-refractivity contribution in [3.63, 3.8) is 0 Å². The minimum absolute atomic E-state index is 0.101. The summed E-state index contributed by atoms with van der Waals surface area (Å²) >= 11 is 0. The Kier molecular flexibility index (Phi) is 12.4. The van der Waals surface area contributed by atoms with E-state index in [4.69, 9.17) is 0 Å². The fraction of sp³-hybridized carbons (Fsp3) is 0.412. The van der Waals surface area contributed by atoms with Gasteiger partial charge in [0.15, 0.2) is 0 Å². The molecule has 1 atom stereocenters. The Balaban J connectivity index is 0.00000214. The van der Waals surface area contributed by atoms with Crippen molar-refractivity contribution in [2.24, 2.45) is 0 Å². The molecule has 35 heavy (non-hydrogen) atoms. The van der Waals surface area contributed by atoms with E-state index in [9.17, 15) is 0 Å². The Bertz CT molecular complexity index is 988. The van der Waals surface area contributed by atoms with Gasteiger partial charge in [-0.3, -0.25) is 0 Å². The van der Waals surface area contributed by atoms with Gasteiger partial charge in [-0.25, -0.2) is 4.39 Å². The van der Waals surface area contributed by atoms with Crippen LogP contribution < -0.4 is 0 Å². The molecule has 0 saturated carbocycles. The first-order valence-electron chi connectivity index (χ1n) is 12.5. The molecule has 2 aromatic carbocycles. The molecule has 1 heteroatoms. The van der Waals surface area contributed by atoms with Crippen molar-refractivity contribution >= 4 is 5.57 Å². The van der Waals surface area contributed by atoms with E-state index in [1.54, 1.807) is 26.0 Å². The fourth-order valence-electron chi connectivity index (χ4n) is 4.60. The predicted octanol–water partition coefficient (Wildman–Crippen LogP) is 10.6. The van der Waals surface area contributed by atoms with E-state index in [0.717, 1.165) is 34.2 Å². The quantitative estimate of drug-likeness (QED) is 0.364. The Morgan fingerprint density at radius 1 is 0.886 bits per heavy atom. The van der Waals surface area contributed by atoms with E-state index in [-0.39, 0.29) is 5.41 Å². The standard InChI is InChI=1S/C29H39F.C3H6.C2H4/c1-11-23(24-13-14-26(22(5)18-24)27(6,7)8)19-29(12-2,28(9,10)30)25-16-20(3)15-21(4)17-25;1-3-2;1-2/h12-19H,2,11H2,1,3-10H3;3H,1H2,2H3;1-2H2/b23-19+;;. The topological polar surface area (TPSA) is 0 Å². The molecule has 0 spiro atoms. The zero-order chi connectivity index (χ0) is 27.6. The van der Waals surface area contributed by atoms with Gasteiger partial charge >= 0.3 is 0 Å². The van der Waals surface area contributed by atoms with Gasteiger partial charge in [-0.2, -0.15) is 0 Å². The molecule has 0 amide bonds. The second-order valence-corrected chi connectivity index (χ2v) is 10.6. The third-order valence-corrected chi connectivity index (χ3v) is 6.19. The molecule has 0 nitrogen and oxygen atoms in total. The summed E-state index contributed by atoms with van der Waals surface area (Å²) in [6.45, 7) is 33.8. The van der Waals surface area contributed by atoms with Crippen LogP contribution in [0, 0.1) is 20.8 Å². The summed E-state index contributed by atoms with van der Waals surface area (Å²) < 4.78 is 15.9. The van der Waals surface area contributed by atoms with Gasteiger partial charge in [0.2, 0.25) is 0 Å². The molecule has 192 valence electrons. The van der Waals surface area contributed by atoms with Gasteiger partial charge in [0, 0.05) is 0 Å². The highest BCUT2D eigenvalue weighted by Crippen LogP contribution is 2.44. The van der Waals surface area contributed by atoms with Crippen molar-refractivity contribution in [3.05, 3.63) is 114 Å². The molecule has 0 aromatic heterocycles. The average Bonchev–Trinajstić information content (AvgIpc) is 2.74. The van der Waals surface area contributed by atoms with E-state index < -0.39 is 11.1 Å². The minimum atomic E-state index is -1.50. The Hall–Kier alpha value is -2.67. The van der Waals surface area contributed by atoms with Gasteiger partial charge in [0.05, 0.1) is 5.41 Å². The number of benzene rings is 2. The molecule has 0 radical (unpaired) electrons. The fourth-order valence-corrected chi connectivity index (χ4v) is 4.60. The lowest BCUT2D eigenvalue weighted by molar-refractivity contribution is 0.152. The van der Waals surface area contributed by atoms with Gasteiger partial charge in [0.1, 0.15) is 5.67 Å². The average molecular weight is 477 g/mol. The van der Waals surface area contributed by atoms with Crippen molar-refractivity contribution in [2.75, 3.05) is 0 Å². The maximum Gasteiger partial charge on any atom is 0.122 e. The molecular formula is C34H49F. The van der Waals surface area contributed by atoms with Gasteiger partial charge in [0.25, 0.3) is 0 Å². The summed E-state index contributed by atoms with van der Waals surface area (Å²) in [6.07, 6.45) is 6.47. The number of hydrogen-bond acceptors (Lipinski definition) is 0. The van der Waals surface area contributed by atoms with Gasteiger partial charge in [-0.15, -0.1) is 26.3 Å². The largest absolute Gasteiger partial charge is 0.243 e. The SMILES string of the molecule is C=C.C=CC.C=CC(/C=C(\CC)c1ccc(C(C)(C)C)c(C)c1)(c1cc(C)cc(C)c1)C(C)(C)F. The molecule has 0 N–H and O–H groups in total. The smallest absolute Gasteiger partial charge is 0.122 e. The molecule has 0 aliphatic rings. The van der Waals surface area contributed by atoms with Crippen LogP contribution >= 0.6 is 0 Å². The van der Waals surface area contributed by atoms with Gasteiger partial charge < -0.3 is 0 Å². The minimum Gasteiger partial charge on any atom is -0.243 e. The third kappa shape index (κ3) is 8.20. The number of alkyl halides is 1. The number of aryl methyl sites for hydroxylation is 3. The molecule has 2 rings (SSSR count). The van der Waals surface area contributed by atoms with Crippen LogP contribution in [0.5, 0.6) is 0 Å². The second-order valence-electron chi connectivity index (χ2n) is 10.6. The molecule has 1 unspecified atom stereocenters. The molecule has 0 aliphatic carbocycles. The summed E-state index contributed by atoms with van der Waals surface area (Å²) in [5.74, 6) is 0. The lowest BCUT2D eigenvalue weighted by Gasteiger charge is -2.39. The number of rotatable bonds is 6. The van der Waals surface area contributed by atoms with Crippen molar-refractivity contribution < 1.29 is 4.39 Å². The van der Waals surface area contributed by atoms with Gasteiger partial charge in [-0.1, -0.05) is 93.4 Å². The van der Waals surface area contributed by atoms with E-state index >= 15 is 4.39 Å². The summed E-state index contributed by atoms with van der Waals surface area (Å²) in [5, 5.41) is 0. The van der Waals surface area contributed by atoms with E-state index in [2.05, 4.69) is 117 Å². The number of hydrogen-bond donors (Lipinski definition) is 0. The predicted molar refractivity (Wildman–Crippen MR) is 158 cm³/mol. The second kappa shape index (κ2) is 13.4. The monoisotopic (exact) mass is 476 g/mol. The first-order valence-corrected chi connectivity index (χ1v) is 12.5. The van der Waals surface area contributed by atoms with Crippen LogP contribution in [0.15, 0.2) is 80.9 Å². The van der Waals surface area contributed by atoms with Gasteiger partial charge in [-0.05, 0) is 81.2 Å². The molecule has 0 fully saturated rings. The summed E-state index contributed by atoms with van der Waals surface area (Å²) in [6, 6.07) is 13.0. The van der Waals surface area contributed by atoms with Crippen molar-refractivity contribution in [2.45, 2.75) is 92.2 Å². The molecular weight excluding hydrogens is 427 g/mol. The maximum atomic E-state index is 15.9. The van der Waals surface area contributed by atoms with Crippen molar-refractivity contribution in [1.82, 2.24) is 0 Å². The molecule has 2 aromatic rings. The molecule has 0 heterocycles. The van der Waals surface area contributed by atoms with Crippen LogP contribution in [0.3, 0.4) is 0 Å². The highest BCUT2D eigenvalue weighted by molar-refractivity contribution is 5.70. The first kappa shape index (κ1) is 32.3. The zero-order valence-electron chi connectivity index (χ0n) is 24.1. The summed E-state index contributed by atoms with van der Waals surface area (Å²) in [5.41, 5.74) is 5.83. The normalized spacial score (nSPS) is 13.4. The Morgan fingerprint density at radius 2 is 1.37 bits per heavy atom. The Labute approximate surface area is 216 Å². The molecule has 0 bridgehead atoms. The summed E-state index contributed by atoms with van der Waals surface area (Å²) in [7, 11) is 0. The highest BCUT2D eigenvalue weighted by atomic mass is 19.1. The highest BCUT2D eigenvalue weighted by Gasteiger charge is 2.43. The number of allylic oxidation sites excluding steroid dienone is 4. The van der Waals surface area contributed by atoms with Crippen LogP contribution in [-0.2, 0) is 10.8 Å². The molecule has 0 saturated heterocycles. The van der Waals surface area contributed by atoms with E-state index in [0.29, 0.717) is 0 Å². The maximum absolute atomic E-state index is 15.9. The molecule has 0 aliphatic heterocycles. The van der Waals surface area contributed by atoms with E-state index in [1.807, 2.05) is 6.92 Å². The number of halogens is 1.